The quantitative estimate of drug-likeness (QED) is 0.168. The van der Waals surface area contributed by atoms with Crippen LogP contribution in [0.15, 0.2) is 66.9 Å². The highest BCUT2D eigenvalue weighted by atomic mass is 16.2. The number of piperazine rings is 1. The van der Waals surface area contributed by atoms with Crippen molar-refractivity contribution in [3.8, 4) is 11.3 Å². The highest BCUT2D eigenvalue weighted by Gasteiger charge is 2.46. The Hall–Kier alpha value is -6.26. The van der Waals surface area contributed by atoms with Crippen molar-refractivity contribution in [2.45, 2.75) is 51.2 Å². The van der Waals surface area contributed by atoms with E-state index in [-0.39, 0.29) is 18.7 Å². The molecule has 1 atom stereocenters. The van der Waals surface area contributed by atoms with Crippen LogP contribution in [0.4, 0.5) is 11.4 Å². The molecule has 57 heavy (non-hydrogen) atoms. The Morgan fingerprint density at radius 2 is 1.67 bits per heavy atom. The third kappa shape index (κ3) is 7.40. The number of aromatic nitrogens is 5. The number of piperidine rings is 1. The van der Waals surface area contributed by atoms with Crippen LogP contribution in [-0.2, 0) is 22.7 Å². The standard InChI is InChI=1S/C41H43N11O5/c53-36-14-13-34(39(55)45-36)52-40(56)29-5-3-6-33(37(29)41(52)57)50-21-19-48(20-22-50)17-4-18-51-24-32(46-47-51)26-7-9-27(10-8-26)38(54)42-28-11-12-30-31(23-28)44-35(43-30)25-49-15-1-2-16-49/h3,5-12,23-24,34H,1-2,4,13-22,25H2,(H,42,54)(H,43,44)(H,45,53,55). The van der Waals surface area contributed by atoms with Crippen molar-refractivity contribution in [1.82, 2.24) is 45.0 Å². The van der Waals surface area contributed by atoms with E-state index in [0.29, 0.717) is 47.7 Å². The van der Waals surface area contributed by atoms with Gasteiger partial charge in [0.15, 0.2) is 0 Å². The molecule has 292 valence electrons. The number of rotatable bonds is 11. The topological polar surface area (TPSA) is 182 Å². The molecular weight excluding hydrogens is 727 g/mol. The molecule has 5 aromatic rings. The second-order valence-electron chi connectivity index (χ2n) is 15.1. The van der Waals surface area contributed by atoms with Crippen molar-refractivity contribution in [2.24, 2.45) is 0 Å². The van der Waals surface area contributed by atoms with Crippen LogP contribution in [-0.4, -0.2) is 121 Å². The molecule has 5 amide bonds. The lowest BCUT2D eigenvalue weighted by Gasteiger charge is -2.36. The van der Waals surface area contributed by atoms with Crippen LogP contribution in [0.5, 0.6) is 0 Å². The monoisotopic (exact) mass is 769 g/mol. The summed E-state index contributed by atoms with van der Waals surface area (Å²) >= 11 is 0. The number of H-pyrrole nitrogens is 1. The molecule has 4 aliphatic heterocycles. The van der Waals surface area contributed by atoms with Gasteiger partial charge in [-0.1, -0.05) is 23.4 Å². The van der Waals surface area contributed by atoms with E-state index in [1.807, 2.05) is 47.3 Å². The maximum atomic E-state index is 13.6. The number of hydrogen-bond donors (Lipinski definition) is 3. The van der Waals surface area contributed by atoms with Crippen LogP contribution in [0, 0.1) is 0 Å². The average Bonchev–Trinajstić information content (AvgIpc) is 4.04. The Morgan fingerprint density at radius 3 is 2.46 bits per heavy atom. The molecule has 0 aliphatic carbocycles. The van der Waals surface area contributed by atoms with Crippen molar-refractivity contribution in [2.75, 3.05) is 56.0 Å². The zero-order valence-electron chi connectivity index (χ0n) is 31.4. The van der Waals surface area contributed by atoms with E-state index < -0.39 is 29.7 Å². The molecule has 16 heteroatoms. The number of amides is 5. The summed E-state index contributed by atoms with van der Waals surface area (Å²) in [5.74, 6) is -1.26. The van der Waals surface area contributed by atoms with Crippen LogP contribution in [0.2, 0.25) is 0 Å². The smallest absolute Gasteiger partial charge is 0.264 e. The summed E-state index contributed by atoms with van der Waals surface area (Å²) in [5, 5.41) is 14.0. The van der Waals surface area contributed by atoms with Crippen LogP contribution in [0.3, 0.4) is 0 Å². The highest BCUT2D eigenvalue weighted by molar-refractivity contribution is 6.25. The minimum Gasteiger partial charge on any atom is -0.368 e. The fraction of sp³-hybridized carbons (Fsp3) is 0.366. The molecule has 9 rings (SSSR count). The molecule has 3 N–H and O–H groups in total. The molecular formula is C41H43N11O5. The Bertz CT molecular complexity index is 2370. The molecule has 3 saturated heterocycles. The van der Waals surface area contributed by atoms with Gasteiger partial charge in [-0.15, -0.1) is 5.10 Å². The number of carbonyl (C=O) groups is 5. The van der Waals surface area contributed by atoms with Crippen LogP contribution in [0.25, 0.3) is 22.3 Å². The summed E-state index contributed by atoms with van der Waals surface area (Å²) in [4.78, 5) is 80.2. The zero-order valence-corrected chi connectivity index (χ0v) is 31.4. The van der Waals surface area contributed by atoms with E-state index in [2.05, 4.69) is 40.6 Å². The number of likely N-dealkylation sites (tertiary alicyclic amines) is 1. The molecule has 3 aromatic carbocycles. The first-order chi connectivity index (χ1) is 27.8. The summed E-state index contributed by atoms with van der Waals surface area (Å²) in [5.41, 5.74) is 5.92. The van der Waals surface area contributed by atoms with Crippen molar-refractivity contribution >= 4 is 51.9 Å². The van der Waals surface area contributed by atoms with Gasteiger partial charge < -0.3 is 15.2 Å². The lowest BCUT2D eigenvalue weighted by atomic mass is 10.0. The number of hydrogen-bond acceptors (Lipinski definition) is 11. The van der Waals surface area contributed by atoms with Crippen molar-refractivity contribution < 1.29 is 24.0 Å². The summed E-state index contributed by atoms with van der Waals surface area (Å²) in [6, 6.07) is 17.3. The molecule has 16 nitrogen and oxygen atoms in total. The molecule has 0 radical (unpaired) electrons. The van der Waals surface area contributed by atoms with Gasteiger partial charge in [-0.3, -0.25) is 48.7 Å². The van der Waals surface area contributed by atoms with Crippen molar-refractivity contribution in [3.05, 3.63) is 89.4 Å². The first-order valence-corrected chi connectivity index (χ1v) is 19.6. The zero-order chi connectivity index (χ0) is 39.0. The number of nitrogens with zero attached hydrogens (tertiary/aromatic N) is 8. The maximum absolute atomic E-state index is 13.6. The van der Waals surface area contributed by atoms with Gasteiger partial charge in [0.1, 0.15) is 17.6 Å². The van der Waals surface area contributed by atoms with E-state index in [4.69, 9.17) is 4.98 Å². The van der Waals surface area contributed by atoms with Crippen LogP contribution in [0.1, 0.15) is 69.0 Å². The number of aryl methyl sites for hydroxylation is 1. The molecule has 0 bridgehead atoms. The van der Waals surface area contributed by atoms with E-state index >= 15 is 0 Å². The summed E-state index contributed by atoms with van der Waals surface area (Å²) in [6.45, 7) is 7.47. The van der Waals surface area contributed by atoms with Gasteiger partial charge in [-0.25, -0.2) is 4.98 Å². The second-order valence-corrected chi connectivity index (χ2v) is 15.1. The SMILES string of the molecule is O=C1CCC(N2C(=O)c3cccc(N4CCN(CCCn5cc(-c6ccc(C(=O)Nc7ccc8nc(CN9CCCC9)[nH]c8c7)cc6)nn5)CC4)c3C2=O)C(=O)N1. The Morgan fingerprint density at radius 1 is 0.860 bits per heavy atom. The maximum Gasteiger partial charge on any atom is 0.264 e. The number of nitrogens with one attached hydrogen (secondary N) is 3. The fourth-order valence-electron chi connectivity index (χ4n) is 8.33. The number of imide groups is 2. The number of imidazole rings is 1. The largest absolute Gasteiger partial charge is 0.368 e. The van der Waals surface area contributed by atoms with E-state index in [1.165, 1.54) is 12.8 Å². The van der Waals surface area contributed by atoms with Crippen molar-refractivity contribution in [3.63, 3.8) is 0 Å². The van der Waals surface area contributed by atoms with Gasteiger partial charge in [-0.2, -0.15) is 0 Å². The van der Waals surface area contributed by atoms with Crippen LogP contribution >= 0.6 is 0 Å². The minimum atomic E-state index is -0.992. The second kappa shape index (κ2) is 15.3. The molecule has 6 heterocycles. The predicted molar refractivity (Wildman–Crippen MR) is 210 cm³/mol. The molecule has 1 unspecified atom stereocenters. The van der Waals surface area contributed by atoms with Gasteiger partial charge in [0.2, 0.25) is 11.8 Å². The predicted octanol–water partition coefficient (Wildman–Crippen LogP) is 3.28. The van der Waals surface area contributed by atoms with E-state index in [1.54, 1.807) is 24.3 Å². The van der Waals surface area contributed by atoms with Gasteiger partial charge in [0.25, 0.3) is 17.7 Å². The highest BCUT2D eigenvalue weighted by Crippen LogP contribution is 2.35. The number of fused-ring (bicyclic) bond motifs is 2. The average molecular weight is 770 g/mol. The lowest BCUT2D eigenvalue weighted by Crippen LogP contribution is -2.54. The Balaban J connectivity index is 0.747. The molecule has 4 aliphatic rings. The van der Waals surface area contributed by atoms with Crippen LogP contribution < -0.4 is 15.5 Å². The first-order valence-electron chi connectivity index (χ1n) is 19.6. The number of carbonyl (C=O) groups excluding carboxylic acids is 5. The molecule has 2 aromatic heterocycles. The van der Waals surface area contributed by atoms with E-state index in [9.17, 15) is 24.0 Å². The molecule has 3 fully saturated rings. The van der Waals surface area contributed by atoms with Gasteiger partial charge in [-0.05, 0) is 81.2 Å². The summed E-state index contributed by atoms with van der Waals surface area (Å²) in [7, 11) is 0. The normalized spacial score (nSPS) is 19.1. The van der Waals surface area contributed by atoms with Gasteiger partial charge >= 0.3 is 0 Å². The number of aromatic amines is 1. The third-order valence-electron chi connectivity index (χ3n) is 11.4. The third-order valence-corrected chi connectivity index (χ3v) is 11.4. The molecule has 0 spiro atoms. The first kappa shape index (κ1) is 36.4. The summed E-state index contributed by atoms with van der Waals surface area (Å²) < 4.78 is 1.83. The summed E-state index contributed by atoms with van der Waals surface area (Å²) in [6.07, 6.45) is 5.45. The lowest BCUT2D eigenvalue weighted by molar-refractivity contribution is -0.136. The fourth-order valence-corrected chi connectivity index (χ4v) is 8.33. The van der Waals surface area contributed by atoms with Gasteiger partial charge in [0, 0.05) is 62.5 Å². The molecule has 0 saturated carbocycles. The number of anilines is 2. The Kier molecular flexibility index (Phi) is 9.80. The number of benzene rings is 3. The van der Waals surface area contributed by atoms with Gasteiger partial charge in [0.05, 0.1) is 40.6 Å². The Labute approximate surface area is 328 Å². The van der Waals surface area contributed by atoms with E-state index in [0.717, 1.165) is 78.7 Å². The minimum absolute atomic E-state index is 0.0819. The van der Waals surface area contributed by atoms with Crippen molar-refractivity contribution in [1.29, 1.82) is 0 Å².